The molecule has 34 heavy (non-hydrogen) atoms. The van der Waals surface area contributed by atoms with E-state index in [1.165, 1.54) is 17.5 Å². The van der Waals surface area contributed by atoms with Crippen molar-refractivity contribution in [3.63, 3.8) is 0 Å². The second kappa shape index (κ2) is 9.12. The highest BCUT2D eigenvalue weighted by molar-refractivity contribution is 5.47. The lowest BCUT2D eigenvalue weighted by atomic mass is 9.49. The van der Waals surface area contributed by atoms with E-state index in [1.807, 2.05) is 0 Å². The van der Waals surface area contributed by atoms with Crippen molar-refractivity contribution in [1.29, 1.82) is 5.26 Å². The molecule has 0 bridgehead atoms. The van der Waals surface area contributed by atoms with E-state index in [9.17, 15) is 5.26 Å². The highest BCUT2D eigenvalue weighted by Crippen LogP contribution is 2.63. The van der Waals surface area contributed by atoms with E-state index in [0.717, 1.165) is 89.6 Å². The molecule has 2 saturated carbocycles. The van der Waals surface area contributed by atoms with Gasteiger partial charge in [-0.3, -0.25) is 0 Å². The largest absolute Gasteiger partial charge is 0.465 e. The summed E-state index contributed by atoms with van der Waals surface area (Å²) in [7, 11) is 0. The van der Waals surface area contributed by atoms with Gasteiger partial charge in [-0.25, -0.2) is 0 Å². The Hall–Kier alpha value is -1.61. The summed E-state index contributed by atoms with van der Waals surface area (Å²) in [5.41, 5.74) is 2.44. The predicted octanol–water partition coefficient (Wildman–Crippen LogP) is 6.04. The minimum Gasteiger partial charge on any atom is -0.465 e. The predicted molar refractivity (Wildman–Crippen MR) is 128 cm³/mol. The van der Waals surface area contributed by atoms with E-state index < -0.39 is 0 Å². The fraction of sp³-hybridized carbons (Fsp3) is 0.759. The Morgan fingerprint density at radius 1 is 0.971 bits per heavy atom. The number of fused-ring (bicyclic) bond motifs is 5. The molecular formula is C29H39NO4. The first kappa shape index (κ1) is 22.8. The summed E-state index contributed by atoms with van der Waals surface area (Å²) < 4.78 is 24.3. The van der Waals surface area contributed by atoms with Gasteiger partial charge in [0.25, 0.3) is 0 Å². The third-order valence-corrected chi connectivity index (χ3v) is 9.68. The van der Waals surface area contributed by atoms with Crippen LogP contribution in [0, 0.1) is 28.6 Å². The third kappa shape index (κ3) is 3.96. The third-order valence-electron chi connectivity index (χ3n) is 9.68. The van der Waals surface area contributed by atoms with Gasteiger partial charge in [0.05, 0.1) is 24.2 Å². The summed E-state index contributed by atoms with van der Waals surface area (Å²) in [5, 5.41) is 10.6. The zero-order valence-electron chi connectivity index (χ0n) is 20.6. The molecule has 184 valence electrons. The molecule has 0 spiro atoms. The molecule has 0 N–H and O–H groups in total. The second-order valence-corrected chi connectivity index (χ2v) is 11.7. The Labute approximate surface area is 204 Å². The SMILES string of the molecule is C[C@]12CCC3(C#N)c4ccc(OC5CCCCO5)cc4CC[C@H]3[C@@H]1C[C@@H](OC1CCCCO1)C2. The van der Waals surface area contributed by atoms with Crippen LogP contribution in [-0.4, -0.2) is 31.9 Å². The summed E-state index contributed by atoms with van der Waals surface area (Å²) in [5.74, 6) is 1.83. The van der Waals surface area contributed by atoms with Gasteiger partial charge in [0, 0.05) is 13.0 Å². The van der Waals surface area contributed by atoms with Crippen molar-refractivity contribution in [2.75, 3.05) is 13.2 Å². The van der Waals surface area contributed by atoms with E-state index in [4.69, 9.17) is 18.9 Å². The van der Waals surface area contributed by atoms with E-state index in [1.54, 1.807) is 0 Å². The first-order valence-corrected chi connectivity index (χ1v) is 13.7. The number of nitriles is 1. The Bertz CT molecular complexity index is 931. The summed E-state index contributed by atoms with van der Waals surface area (Å²) in [6.07, 6.45) is 13.0. The summed E-state index contributed by atoms with van der Waals surface area (Å²) in [6, 6.07) is 9.34. The Morgan fingerprint density at radius 3 is 2.50 bits per heavy atom. The lowest BCUT2D eigenvalue weighted by Crippen LogP contribution is -2.50. The standard InChI is InChI=1S/C29H39NO4/c1-28-12-13-29(19-30)23-11-9-21(33-26-6-2-4-14-31-26)16-20(23)8-10-24(29)25(28)17-22(18-28)34-27-7-3-5-15-32-27/h9,11,16,22,24-27H,2-8,10,12-15,17-18H2,1H3/t22-,24+,25+,26?,27?,28-,29?/m1/s1. The zero-order valence-corrected chi connectivity index (χ0v) is 20.6. The number of ether oxygens (including phenoxy) is 4. The molecule has 3 aliphatic carbocycles. The maximum atomic E-state index is 10.6. The maximum Gasteiger partial charge on any atom is 0.199 e. The maximum absolute atomic E-state index is 10.6. The van der Waals surface area contributed by atoms with Crippen LogP contribution in [0.25, 0.3) is 0 Å². The average molecular weight is 466 g/mol. The molecule has 1 aromatic carbocycles. The number of aryl methyl sites for hydroxylation is 1. The average Bonchev–Trinajstić information content (AvgIpc) is 3.20. The minimum absolute atomic E-state index is 0.0260. The molecule has 0 radical (unpaired) electrons. The molecule has 6 rings (SSSR count). The van der Waals surface area contributed by atoms with Crippen LogP contribution in [0.2, 0.25) is 0 Å². The van der Waals surface area contributed by atoms with Gasteiger partial charge in [-0.1, -0.05) is 13.0 Å². The van der Waals surface area contributed by atoms with Gasteiger partial charge in [0.15, 0.2) is 12.6 Å². The van der Waals surface area contributed by atoms with Crippen molar-refractivity contribution in [2.45, 2.75) is 108 Å². The van der Waals surface area contributed by atoms with Crippen LogP contribution in [0.3, 0.4) is 0 Å². The van der Waals surface area contributed by atoms with E-state index in [-0.39, 0.29) is 29.5 Å². The zero-order chi connectivity index (χ0) is 23.2. The molecule has 5 aliphatic rings. The van der Waals surface area contributed by atoms with Crippen molar-refractivity contribution in [2.24, 2.45) is 17.3 Å². The Kier molecular flexibility index (Phi) is 6.12. The van der Waals surface area contributed by atoms with Gasteiger partial charge < -0.3 is 18.9 Å². The first-order valence-electron chi connectivity index (χ1n) is 13.7. The molecule has 5 nitrogen and oxygen atoms in total. The van der Waals surface area contributed by atoms with Crippen LogP contribution >= 0.6 is 0 Å². The quantitative estimate of drug-likeness (QED) is 0.543. The van der Waals surface area contributed by atoms with Crippen LogP contribution < -0.4 is 4.74 Å². The summed E-state index contributed by atoms with van der Waals surface area (Å²) in [4.78, 5) is 0. The number of benzene rings is 1. The van der Waals surface area contributed by atoms with Crippen LogP contribution in [0.5, 0.6) is 5.75 Å². The minimum atomic E-state index is -0.381. The topological polar surface area (TPSA) is 60.7 Å². The number of rotatable bonds is 4. The first-order chi connectivity index (χ1) is 16.6. The van der Waals surface area contributed by atoms with Crippen LogP contribution in [-0.2, 0) is 26.0 Å². The van der Waals surface area contributed by atoms with Crippen LogP contribution in [0.15, 0.2) is 18.2 Å². The van der Waals surface area contributed by atoms with Crippen molar-refractivity contribution < 1.29 is 18.9 Å². The molecule has 7 atom stereocenters. The molecule has 0 aromatic heterocycles. The van der Waals surface area contributed by atoms with Gasteiger partial charge in [0.2, 0.25) is 0 Å². The Morgan fingerprint density at radius 2 is 1.76 bits per heavy atom. The number of hydrogen-bond donors (Lipinski definition) is 0. The highest BCUT2D eigenvalue weighted by Gasteiger charge is 2.60. The number of nitrogens with zero attached hydrogens (tertiary/aromatic N) is 1. The summed E-state index contributed by atoms with van der Waals surface area (Å²) in [6.45, 7) is 4.07. The Balaban J connectivity index is 1.22. The molecule has 2 saturated heterocycles. The van der Waals surface area contributed by atoms with Crippen molar-refractivity contribution in [1.82, 2.24) is 0 Å². The van der Waals surface area contributed by atoms with E-state index >= 15 is 0 Å². The second-order valence-electron chi connectivity index (χ2n) is 11.7. The molecule has 1 aromatic rings. The van der Waals surface area contributed by atoms with Gasteiger partial charge in [-0.15, -0.1) is 0 Å². The van der Waals surface area contributed by atoms with Gasteiger partial charge in [-0.05, 0) is 111 Å². The smallest absolute Gasteiger partial charge is 0.199 e. The van der Waals surface area contributed by atoms with Crippen molar-refractivity contribution in [3.8, 4) is 11.8 Å². The lowest BCUT2D eigenvalue weighted by molar-refractivity contribution is -0.188. The van der Waals surface area contributed by atoms with Crippen LogP contribution in [0.4, 0.5) is 0 Å². The molecule has 2 aliphatic heterocycles. The van der Waals surface area contributed by atoms with Crippen LogP contribution in [0.1, 0.15) is 88.7 Å². The fourth-order valence-corrected chi connectivity index (χ4v) is 7.94. The van der Waals surface area contributed by atoms with Gasteiger partial charge >= 0.3 is 0 Å². The molecule has 0 amide bonds. The monoisotopic (exact) mass is 465 g/mol. The van der Waals surface area contributed by atoms with Gasteiger partial charge in [0.1, 0.15) is 5.75 Å². The van der Waals surface area contributed by atoms with Crippen molar-refractivity contribution >= 4 is 0 Å². The van der Waals surface area contributed by atoms with E-state index in [2.05, 4.69) is 31.2 Å². The normalized spacial score (nSPS) is 41.6. The lowest BCUT2D eigenvalue weighted by Gasteiger charge is -2.53. The fourth-order valence-electron chi connectivity index (χ4n) is 7.94. The molecule has 2 heterocycles. The molecule has 4 fully saturated rings. The van der Waals surface area contributed by atoms with Gasteiger partial charge in [-0.2, -0.15) is 5.26 Å². The molecule has 5 heteroatoms. The highest BCUT2D eigenvalue weighted by atomic mass is 16.7. The van der Waals surface area contributed by atoms with E-state index in [0.29, 0.717) is 11.8 Å². The molecule has 3 unspecified atom stereocenters. The molecular weight excluding hydrogens is 426 g/mol. The summed E-state index contributed by atoms with van der Waals surface area (Å²) >= 11 is 0. The number of hydrogen-bond acceptors (Lipinski definition) is 5. The van der Waals surface area contributed by atoms with Crippen molar-refractivity contribution in [3.05, 3.63) is 29.3 Å².